The molecule has 1 aliphatic rings. The number of nitrogens with zero attached hydrogens (tertiary/aromatic N) is 1. The Hall–Kier alpha value is -2.74. The van der Waals surface area contributed by atoms with Gasteiger partial charge in [-0.3, -0.25) is 4.84 Å². The molecule has 0 amide bonds. The van der Waals surface area contributed by atoms with Gasteiger partial charge in [0.1, 0.15) is 5.82 Å². The molecule has 0 aliphatic carbocycles. The number of benzene rings is 2. The predicted octanol–water partition coefficient (Wildman–Crippen LogP) is 4.19. The Morgan fingerprint density at radius 3 is 2.70 bits per heavy atom. The lowest BCUT2D eigenvalue weighted by Gasteiger charge is -2.23. The van der Waals surface area contributed by atoms with Gasteiger partial charge in [-0.2, -0.15) is 5.48 Å². The van der Waals surface area contributed by atoms with E-state index in [0.717, 1.165) is 53.8 Å². The zero-order chi connectivity index (χ0) is 20.8. The number of methoxy groups -OCH3 is 1. The summed E-state index contributed by atoms with van der Waals surface area (Å²) in [6.07, 6.45) is 3.88. The van der Waals surface area contributed by atoms with Crippen LogP contribution in [-0.2, 0) is 22.7 Å². The molecule has 7 heteroatoms. The Labute approximate surface area is 175 Å². The molecule has 0 unspecified atom stereocenters. The van der Waals surface area contributed by atoms with E-state index in [1.165, 1.54) is 13.2 Å². The minimum Gasteiger partial charge on any atom is -0.494 e. The van der Waals surface area contributed by atoms with E-state index in [4.69, 9.17) is 14.3 Å². The molecule has 0 atom stereocenters. The molecular formula is C23H26FN3O3. The summed E-state index contributed by atoms with van der Waals surface area (Å²) in [5, 5.41) is 5.69. The van der Waals surface area contributed by atoms with Crippen molar-refractivity contribution in [3.63, 3.8) is 0 Å². The molecule has 3 aromatic rings. The maximum Gasteiger partial charge on any atom is 0.165 e. The number of hydrogen-bond donors (Lipinski definition) is 2. The van der Waals surface area contributed by atoms with Crippen LogP contribution in [0.3, 0.4) is 0 Å². The van der Waals surface area contributed by atoms with E-state index in [1.54, 1.807) is 12.1 Å². The fraction of sp³-hybridized carbons (Fsp3) is 0.348. The van der Waals surface area contributed by atoms with Gasteiger partial charge in [-0.15, -0.1) is 0 Å². The van der Waals surface area contributed by atoms with Gasteiger partial charge in [0.05, 0.1) is 13.7 Å². The second-order valence-corrected chi connectivity index (χ2v) is 7.36. The monoisotopic (exact) mass is 411 g/mol. The van der Waals surface area contributed by atoms with E-state index in [2.05, 4.69) is 27.9 Å². The van der Waals surface area contributed by atoms with Gasteiger partial charge in [-0.1, -0.05) is 18.2 Å². The number of halogens is 1. The molecule has 6 nitrogen and oxygen atoms in total. The van der Waals surface area contributed by atoms with Crippen molar-refractivity contribution < 1.29 is 18.7 Å². The van der Waals surface area contributed by atoms with Gasteiger partial charge < -0.3 is 14.8 Å². The highest BCUT2D eigenvalue weighted by Gasteiger charge is 2.14. The normalized spacial score (nSPS) is 14.7. The van der Waals surface area contributed by atoms with Gasteiger partial charge in [0, 0.05) is 37.4 Å². The van der Waals surface area contributed by atoms with E-state index in [-0.39, 0.29) is 11.6 Å². The summed E-state index contributed by atoms with van der Waals surface area (Å²) in [5.74, 6) is 0.730. The molecule has 158 valence electrons. The van der Waals surface area contributed by atoms with Crippen molar-refractivity contribution in [3.8, 4) is 5.75 Å². The molecule has 0 radical (unpaired) electrons. The maximum atomic E-state index is 13.7. The number of hydrogen-bond acceptors (Lipinski definition) is 6. The molecule has 4 rings (SSSR count). The molecule has 1 fully saturated rings. The molecule has 2 aromatic carbocycles. The SMILES string of the molecule is COc1ccc(CNOCc2ccc3cnc(NC4CCOCC4)cc3c2)cc1F. The van der Waals surface area contributed by atoms with E-state index in [0.29, 0.717) is 19.2 Å². The summed E-state index contributed by atoms with van der Waals surface area (Å²) in [5.41, 5.74) is 4.70. The first kappa shape index (κ1) is 20.5. The van der Waals surface area contributed by atoms with Crippen LogP contribution in [0.5, 0.6) is 5.75 Å². The van der Waals surface area contributed by atoms with Crippen LogP contribution in [0.2, 0.25) is 0 Å². The summed E-state index contributed by atoms with van der Waals surface area (Å²) in [6, 6.07) is 13.5. The number of hydroxylamine groups is 1. The second-order valence-electron chi connectivity index (χ2n) is 7.36. The highest BCUT2D eigenvalue weighted by Crippen LogP contribution is 2.21. The van der Waals surface area contributed by atoms with Crippen LogP contribution in [-0.4, -0.2) is 31.3 Å². The number of rotatable bonds is 8. The van der Waals surface area contributed by atoms with E-state index >= 15 is 0 Å². The molecule has 30 heavy (non-hydrogen) atoms. The average molecular weight is 411 g/mol. The zero-order valence-corrected chi connectivity index (χ0v) is 17.0. The highest BCUT2D eigenvalue weighted by molar-refractivity contribution is 5.84. The average Bonchev–Trinajstić information content (AvgIpc) is 2.77. The lowest BCUT2D eigenvalue weighted by molar-refractivity contribution is 0.0235. The van der Waals surface area contributed by atoms with Crippen molar-refractivity contribution in [1.29, 1.82) is 0 Å². The molecule has 0 bridgehead atoms. The van der Waals surface area contributed by atoms with E-state index in [9.17, 15) is 4.39 Å². The van der Waals surface area contributed by atoms with Crippen LogP contribution in [0, 0.1) is 5.82 Å². The van der Waals surface area contributed by atoms with Crippen molar-refractivity contribution >= 4 is 16.6 Å². The first-order chi connectivity index (χ1) is 14.7. The molecule has 1 saturated heterocycles. The third kappa shape index (κ3) is 5.24. The summed E-state index contributed by atoms with van der Waals surface area (Å²) < 4.78 is 24.1. The van der Waals surface area contributed by atoms with Crippen LogP contribution in [0.15, 0.2) is 48.7 Å². The Morgan fingerprint density at radius 2 is 1.90 bits per heavy atom. The van der Waals surface area contributed by atoms with Crippen LogP contribution in [0.1, 0.15) is 24.0 Å². The summed E-state index contributed by atoms with van der Waals surface area (Å²) in [6.45, 7) is 2.39. The van der Waals surface area contributed by atoms with Crippen LogP contribution in [0.25, 0.3) is 10.8 Å². The van der Waals surface area contributed by atoms with Crippen LogP contribution in [0.4, 0.5) is 10.2 Å². The van der Waals surface area contributed by atoms with Crippen molar-refractivity contribution in [2.75, 3.05) is 25.6 Å². The zero-order valence-electron chi connectivity index (χ0n) is 17.0. The highest BCUT2D eigenvalue weighted by atomic mass is 19.1. The lowest BCUT2D eigenvalue weighted by atomic mass is 10.1. The number of pyridine rings is 1. The summed E-state index contributed by atoms with van der Waals surface area (Å²) in [4.78, 5) is 10.1. The molecule has 2 heterocycles. The summed E-state index contributed by atoms with van der Waals surface area (Å²) >= 11 is 0. The smallest absolute Gasteiger partial charge is 0.165 e. The third-order valence-electron chi connectivity index (χ3n) is 5.19. The Balaban J connectivity index is 1.32. The van der Waals surface area contributed by atoms with Gasteiger partial charge in [0.15, 0.2) is 11.6 Å². The van der Waals surface area contributed by atoms with Crippen molar-refractivity contribution in [2.45, 2.75) is 32.0 Å². The molecular weight excluding hydrogens is 385 g/mol. The topological polar surface area (TPSA) is 64.6 Å². The lowest BCUT2D eigenvalue weighted by Crippen LogP contribution is -2.28. The number of anilines is 1. The Morgan fingerprint density at radius 1 is 1.07 bits per heavy atom. The van der Waals surface area contributed by atoms with Gasteiger partial charge in [-0.05, 0) is 53.6 Å². The predicted molar refractivity (Wildman–Crippen MR) is 114 cm³/mol. The van der Waals surface area contributed by atoms with Gasteiger partial charge in [-0.25, -0.2) is 9.37 Å². The van der Waals surface area contributed by atoms with Crippen molar-refractivity contribution in [1.82, 2.24) is 10.5 Å². The van der Waals surface area contributed by atoms with Crippen LogP contribution >= 0.6 is 0 Å². The number of ether oxygens (including phenoxy) is 2. The van der Waals surface area contributed by atoms with E-state index < -0.39 is 0 Å². The molecule has 2 N–H and O–H groups in total. The van der Waals surface area contributed by atoms with E-state index in [1.807, 2.05) is 18.3 Å². The number of fused-ring (bicyclic) bond motifs is 1. The quantitative estimate of drug-likeness (QED) is 0.428. The summed E-state index contributed by atoms with van der Waals surface area (Å²) in [7, 11) is 1.45. The van der Waals surface area contributed by atoms with Crippen LogP contribution < -0.4 is 15.5 Å². The van der Waals surface area contributed by atoms with Gasteiger partial charge in [0.25, 0.3) is 0 Å². The fourth-order valence-corrected chi connectivity index (χ4v) is 3.50. The molecule has 1 aliphatic heterocycles. The largest absolute Gasteiger partial charge is 0.494 e. The fourth-order valence-electron chi connectivity index (χ4n) is 3.50. The molecule has 0 saturated carbocycles. The molecule has 0 spiro atoms. The first-order valence-corrected chi connectivity index (χ1v) is 10.1. The Kier molecular flexibility index (Phi) is 6.74. The standard InChI is InChI=1S/C23H26FN3O3/c1-28-22-5-3-16(11-21(22)24)13-26-30-15-17-2-4-18-14-25-23(12-19(18)10-17)27-20-6-8-29-9-7-20/h2-5,10-12,14,20,26H,6-9,13,15H2,1H3,(H,25,27). The minimum atomic E-state index is -0.384. The minimum absolute atomic E-state index is 0.232. The number of aromatic nitrogens is 1. The molecule has 1 aromatic heterocycles. The van der Waals surface area contributed by atoms with Gasteiger partial charge >= 0.3 is 0 Å². The van der Waals surface area contributed by atoms with Crippen molar-refractivity contribution in [2.24, 2.45) is 0 Å². The Bertz CT molecular complexity index is 993. The van der Waals surface area contributed by atoms with Gasteiger partial charge in [0.2, 0.25) is 0 Å². The third-order valence-corrected chi connectivity index (χ3v) is 5.19. The van der Waals surface area contributed by atoms with Crippen molar-refractivity contribution in [3.05, 3.63) is 65.6 Å². The number of nitrogens with one attached hydrogen (secondary N) is 2. The first-order valence-electron chi connectivity index (χ1n) is 10.1. The second kappa shape index (κ2) is 9.84. The maximum absolute atomic E-state index is 13.7.